The van der Waals surface area contributed by atoms with Crippen molar-refractivity contribution < 1.29 is 4.42 Å². The molecule has 4 heteroatoms. The number of rotatable bonds is 7. The maximum atomic E-state index is 6.13. The maximum Gasteiger partial charge on any atom is 0.231 e. The molecule has 0 N–H and O–H groups in total. The molecule has 4 nitrogen and oxygen atoms in total. The average Bonchev–Trinajstić information content (AvgIpc) is 3.33. The minimum absolute atomic E-state index is 0.472. The quantitative estimate of drug-likeness (QED) is 0.357. The predicted octanol–water partition coefficient (Wildman–Crippen LogP) is 5.98. The van der Waals surface area contributed by atoms with Crippen LogP contribution < -0.4 is 0 Å². The topological polar surface area (TPSA) is 42.2 Å². The van der Waals surface area contributed by atoms with Gasteiger partial charge in [-0.2, -0.15) is 0 Å². The fourth-order valence-electron chi connectivity index (χ4n) is 5.26. The van der Waals surface area contributed by atoms with Crippen molar-refractivity contribution in [2.45, 2.75) is 37.5 Å². The molecule has 1 fully saturated rings. The summed E-state index contributed by atoms with van der Waals surface area (Å²) in [4.78, 5) is 2.60. The van der Waals surface area contributed by atoms with Crippen molar-refractivity contribution in [3.8, 4) is 0 Å². The third-order valence-corrected chi connectivity index (χ3v) is 7.09. The Bertz CT molecular complexity index is 1090. The highest BCUT2D eigenvalue weighted by molar-refractivity contribution is 5.45. The fourth-order valence-corrected chi connectivity index (χ4v) is 5.26. The summed E-state index contributed by atoms with van der Waals surface area (Å²) in [6.45, 7) is 5.07. The van der Waals surface area contributed by atoms with Gasteiger partial charge in [0.15, 0.2) is 0 Å². The number of hydrogen-bond donors (Lipinski definition) is 0. The van der Waals surface area contributed by atoms with Gasteiger partial charge in [-0.3, -0.25) is 0 Å². The Kier molecular flexibility index (Phi) is 6.36. The summed E-state index contributed by atoms with van der Waals surface area (Å²) in [5, 5.41) is 8.76. The lowest BCUT2D eigenvalue weighted by atomic mass is 9.71. The molecule has 1 aliphatic heterocycles. The van der Waals surface area contributed by atoms with Gasteiger partial charge in [0.05, 0.1) is 5.41 Å². The number of likely N-dealkylation sites (tertiary alicyclic amines) is 1. The first-order valence-electron chi connectivity index (χ1n) is 11.9. The highest BCUT2D eigenvalue weighted by Crippen LogP contribution is 2.42. The Labute approximate surface area is 196 Å². The third kappa shape index (κ3) is 4.49. The highest BCUT2D eigenvalue weighted by atomic mass is 16.4. The van der Waals surface area contributed by atoms with Crippen LogP contribution in [0.4, 0.5) is 0 Å². The second-order valence-corrected chi connectivity index (χ2v) is 9.04. The normalized spacial score (nSPS) is 15.5. The summed E-state index contributed by atoms with van der Waals surface area (Å²) < 4.78 is 6.13. The number of nitrogens with zero attached hydrogens (tertiary/aromatic N) is 3. The van der Waals surface area contributed by atoms with Gasteiger partial charge < -0.3 is 9.32 Å². The molecule has 1 aromatic heterocycles. The van der Waals surface area contributed by atoms with Crippen molar-refractivity contribution in [3.63, 3.8) is 0 Å². The molecule has 0 radical (unpaired) electrons. The van der Waals surface area contributed by atoms with E-state index in [9.17, 15) is 0 Å². The van der Waals surface area contributed by atoms with Crippen molar-refractivity contribution in [3.05, 3.63) is 119 Å². The van der Waals surface area contributed by atoms with Crippen molar-refractivity contribution in [2.24, 2.45) is 0 Å². The van der Waals surface area contributed by atoms with E-state index in [1.165, 1.54) is 29.5 Å². The molecule has 0 aliphatic carbocycles. The van der Waals surface area contributed by atoms with E-state index < -0.39 is 5.41 Å². The van der Waals surface area contributed by atoms with Gasteiger partial charge >= 0.3 is 0 Å². The van der Waals surface area contributed by atoms with Crippen LogP contribution in [0.1, 0.15) is 53.7 Å². The summed E-state index contributed by atoms with van der Waals surface area (Å²) >= 11 is 0. The van der Waals surface area contributed by atoms with E-state index in [-0.39, 0.29) is 0 Å². The van der Waals surface area contributed by atoms with E-state index in [1.54, 1.807) is 0 Å². The molecule has 5 rings (SSSR count). The van der Waals surface area contributed by atoms with Crippen LogP contribution in [0.25, 0.3) is 0 Å². The van der Waals surface area contributed by atoms with E-state index in [0.29, 0.717) is 17.7 Å². The standard InChI is InChI=1S/C29H31N3O/c1-23-30-31-28(33-23)29(26-13-7-3-8-14-26,27-15-9-4-10-16-27)19-22-32-20-17-25(18-21-32)24-11-5-2-6-12-24/h2-16,25H,17-22H2,1H3. The summed E-state index contributed by atoms with van der Waals surface area (Å²) in [6.07, 6.45) is 3.29. The van der Waals surface area contributed by atoms with Gasteiger partial charge in [0.2, 0.25) is 11.8 Å². The van der Waals surface area contributed by atoms with Crippen molar-refractivity contribution in [1.29, 1.82) is 0 Å². The smallest absolute Gasteiger partial charge is 0.231 e. The van der Waals surface area contributed by atoms with E-state index in [4.69, 9.17) is 4.42 Å². The first-order valence-corrected chi connectivity index (χ1v) is 11.9. The van der Waals surface area contributed by atoms with E-state index in [2.05, 4.69) is 106 Å². The number of aromatic nitrogens is 2. The maximum absolute atomic E-state index is 6.13. The highest BCUT2D eigenvalue weighted by Gasteiger charge is 2.41. The van der Waals surface area contributed by atoms with Crippen LogP contribution in [-0.2, 0) is 5.41 Å². The minimum atomic E-state index is -0.472. The average molecular weight is 438 g/mol. The Morgan fingerprint density at radius 1 is 0.788 bits per heavy atom. The molecule has 4 aromatic rings. The van der Waals surface area contributed by atoms with Gasteiger partial charge in [-0.05, 0) is 61.5 Å². The molecule has 3 aromatic carbocycles. The lowest BCUT2D eigenvalue weighted by Gasteiger charge is -2.37. The van der Waals surface area contributed by atoms with E-state index >= 15 is 0 Å². The van der Waals surface area contributed by atoms with E-state index in [1.807, 2.05) is 6.92 Å². The summed E-state index contributed by atoms with van der Waals surface area (Å²) in [6, 6.07) is 32.2. The van der Waals surface area contributed by atoms with Gasteiger partial charge in [-0.25, -0.2) is 0 Å². The van der Waals surface area contributed by atoms with Crippen LogP contribution in [0.15, 0.2) is 95.4 Å². The largest absolute Gasteiger partial charge is 0.424 e. The molecule has 0 unspecified atom stereocenters. The van der Waals surface area contributed by atoms with Crippen LogP contribution in [0, 0.1) is 6.92 Å². The molecule has 33 heavy (non-hydrogen) atoms. The van der Waals surface area contributed by atoms with Crippen molar-refractivity contribution in [2.75, 3.05) is 19.6 Å². The lowest BCUT2D eigenvalue weighted by molar-refractivity contribution is 0.196. The SMILES string of the molecule is Cc1nnc(C(CCN2CCC(c3ccccc3)CC2)(c2ccccc2)c2ccccc2)o1. The Morgan fingerprint density at radius 3 is 1.85 bits per heavy atom. The number of piperidine rings is 1. The molecule has 1 aliphatic rings. The van der Waals surface area contributed by atoms with Crippen LogP contribution in [0.3, 0.4) is 0 Å². The molecule has 0 spiro atoms. The Morgan fingerprint density at radius 2 is 1.33 bits per heavy atom. The van der Waals surface area contributed by atoms with Crippen molar-refractivity contribution >= 4 is 0 Å². The first-order chi connectivity index (χ1) is 16.3. The van der Waals surface area contributed by atoms with Crippen molar-refractivity contribution in [1.82, 2.24) is 15.1 Å². The molecule has 0 amide bonds. The van der Waals surface area contributed by atoms with Crippen LogP contribution in [0.5, 0.6) is 0 Å². The van der Waals surface area contributed by atoms with Gasteiger partial charge in [-0.15, -0.1) is 10.2 Å². The summed E-state index contributed by atoms with van der Waals surface area (Å²) in [5.74, 6) is 1.94. The van der Waals surface area contributed by atoms with Gasteiger partial charge in [0, 0.05) is 6.92 Å². The summed E-state index contributed by atoms with van der Waals surface area (Å²) in [5.41, 5.74) is 3.39. The molecule has 2 heterocycles. The monoisotopic (exact) mass is 437 g/mol. The number of benzene rings is 3. The second-order valence-electron chi connectivity index (χ2n) is 9.04. The zero-order valence-corrected chi connectivity index (χ0v) is 19.2. The van der Waals surface area contributed by atoms with Crippen LogP contribution >= 0.6 is 0 Å². The lowest BCUT2D eigenvalue weighted by Crippen LogP contribution is -2.39. The molecule has 168 valence electrons. The predicted molar refractivity (Wildman–Crippen MR) is 131 cm³/mol. The summed E-state index contributed by atoms with van der Waals surface area (Å²) in [7, 11) is 0. The van der Waals surface area contributed by atoms with Gasteiger partial charge in [0.25, 0.3) is 0 Å². The minimum Gasteiger partial charge on any atom is -0.424 e. The molecular weight excluding hydrogens is 406 g/mol. The molecule has 1 saturated heterocycles. The fraction of sp³-hybridized carbons (Fsp3) is 0.310. The second kappa shape index (κ2) is 9.72. The van der Waals surface area contributed by atoms with Crippen LogP contribution in [-0.4, -0.2) is 34.7 Å². The van der Waals surface area contributed by atoms with Gasteiger partial charge in [-0.1, -0.05) is 91.0 Å². The molecule has 0 saturated carbocycles. The van der Waals surface area contributed by atoms with Crippen LogP contribution in [0.2, 0.25) is 0 Å². The Hall–Kier alpha value is -3.24. The first kappa shape index (κ1) is 21.6. The van der Waals surface area contributed by atoms with E-state index in [0.717, 1.165) is 26.1 Å². The number of aryl methyl sites for hydroxylation is 1. The number of hydrogen-bond acceptors (Lipinski definition) is 4. The molecule has 0 atom stereocenters. The zero-order valence-electron chi connectivity index (χ0n) is 19.2. The molecule has 0 bridgehead atoms. The third-order valence-electron chi connectivity index (χ3n) is 7.09. The zero-order chi connectivity index (χ0) is 22.5. The molecular formula is C29H31N3O. The van der Waals surface area contributed by atoms with Gasteiger partial charge in [0.1, 0.15) is 0 Å². The Balaban J connectivity index is 1.42.